The SMILES string of the molecule is Cc1oc2ncnc(NC3(C)CC3)c2c1C(=O)N(I)C(C)c1cc(F)ccc1F. The number of carbonyl (C=O) groups excluding carboxylic acids is 1. The van der Waals surface area contributed by atoms with Gasteiger partial charge in [0.25, 0.3) is 5.91 Å². The highest BCUT2D eigenvalue weighted by atomic mass is 127. The zero-order valence-electron chi connectivity index (χ0n) is 16.1. The molecule has 1 fully saturated rings. The van der Waals surface area contributed by atoms with E-state index in [-0.39, 0.29) is 11.1 Å². The van der Waals surface area contributed by atoms with Crippen LogP contribution in [0.2, 0.25) is 0 Å². The van der Waals surface area contributed by atoms with E-state index < -0.39 is 23.6 Å². The number of aromatic nitrogens is 2. The van der Waals surface area contributed by atoms with Crippen molar-refractivity contribution in [2.24, 2.45) is 0 Å². The predicted molar refractivity (Wildman–Crippen MR) is 113 cm³/mol. The molecule has 1 unspecified atom stereocenters. The van der Waals surface area contributed by atoms with Crippen molar-refractivity contribution < 1.29 is 18.0 Å². The van der Waals surface area contributed by atoms with E-state index >= 15 is 0 Å². The van der Waals surface area contributed by atoms with E-state index in [9.17, 15) is 13.6 Å². The first-order valence-electron chi connectivity index (χ1n) is 9.17. The summed E-state index contributed by atoms with van der Waals surface area (Å²) >= 11 is 1.82. The number of carbonyl (C=O) groups is 1. The second kappa shape index (κ2) is 7.19. The van der Waals surface area contributed by atoms with Crippen molar-refractivity contribution in [3.8, 4) is 0 Å². The van der Waals surface area contributed by atoms with Crippen LogP contribution in [0.3, 0.4) is 0 Å². The summed E-state index contributed by atoms with van der Waals surface area (Å²) < 4.78 is 34.9. The van der Waals surface area contributed by atoms with Gasteiger partial charge in [0.1, 0.15) is 29.5 Å². The molecule has 29 heavy (non-hydrogen) atoms. The van der Waals surface area contributed by atoms with Gasteiger partial charge in [0.2, 0.25) is 5.71 Å². The number of anilines is 1. The van der Waals surface area contributed by atoms with E-state index in [0.29, 0.717) is 28.2 Å². The Labute approximate surface area is 180 Å². The van der Waals surface area contributed by atoms with Gasteiger partial charge < -0.3 is 9.73 Å². The molecule has 2 aromatic heterocycles. The van der Waals surface area contributed by atoms with Crippen LogP contribution in [0, 0.1) is 18.6 Å². The molecule has 0 radical (unpaired) electrons. The lowest BCUT2D eigenvalue weighted by Gasteiger charge is -2.23. The molecule has 1 aliphatic carbocycles. The molecule has 2 heterocycles. The lowest BCUT2D eigenvalue weighted by molar-refractivity contribution is 0.0860. The molecule has 0 bridgehead atoms. The topological polar surface area (TPSA) is 71.3 Å². The first-order chi connectivity index (χ1) is 13.7. The Bertz CT molecular complexity index is 1110. The number of fused-ring (bicyclic) bond motifs is 1. The quantitative estimate of drug-likeness (QED) is 0.370. The molecule has 1 atom stereocenters. The average molecular weight is 512 g/mol. The van der Waals surface area contributed by atoms with Crippen LogP contribution < -0.4 is 5.32 Å². The lowest BCUT2D eigenvalue weighted by atomic mass is 10.1. The number of nitrogens with zero attached hydrogens (tertiary/aromatic N) is 3. The minimum Gasteiger partial charge on any atom is -0.442 e. The molecule has 1 aliphatic rings. The Balaban J connectivity index is 1.74. The van der Waals surface area contributed by atoms with Gasteiger partial charge in [0.15, 0.2) is 0 Å². The number of hydrogen-bond donors (Lipinski definition) is 1. The highest BCUT2D eigenvalue weighted by molar-refractivity contribution is 14.1. The number of hydrogen-bond acceptors (Lipinski definition) is 5. The van der Waals surface area contributed by atoms with Gasteiger partial charge in [-0.05, 0) is 51.8 Å². The average Bonchev–Trinajstić information content (AvgIpc) is 3.30. The summed E-state index contributed by atoms with van der Waals surface area (Å²) in [5.41, 5.74) is 0.653. The van der Waals surface area contributed by atoms with Crippen LogP contribution in [0.4, 0.5) is 14.6 Å². The molecule has 3 aromatic rings. The van der Waals surface area contributed by atoms with Crippen LogP contribution in [-0.4, -0.2) is 24.5 Å². The molecule has 1 saturated carbocycles. The highest BCUT2D eigenvalue weighted by Gasteiger charge is 2.39. The van der Waals surface area contributed by atoms with Crippen molar-refractivity contribution >= 4 is 45.7 Å². The molecule has 6 nitrogen and oxygen atoms in total. The van der Waals surface area contributed by atoms with Crippen LogP contribution in [0.25, 0.3) is 11.1 Å². The number of nitrogens with one attached hydrogen (secondary N) is 1. The van der Waals surface area contributed by atoms with Crippen molar-refractivity contribution in [3.05, 3.63) is 53.0 Å². The molecule has 4 rings (SSSR count). The lowest BCUT2D eigenvalue weighted by Crippen LogP contribution is -2.26. The third-order valence-corrected chi connectivity index (χ3v) is 6.51. The van der Waals surface area contributed by atoms with Crippen molar-refractivity contribution in [1.82, 2.24) is 13.1 Å². The zero-order chi connectivity index (χ0) is 20.9. The molecule has 0 spiro atoms. The molecule has 1 N–H and O–H groups in total. The molecule has 1 aromatic carbocycles. The first-order valence-corrected chi connectivity index (χ1v) is 10.1. The third kappa shape index (κ3) is 3.67. The van der Waals surface area contributed by atoms with E-state index in [4.69, 9.17) is 4.42 Å². The number of halogens is 3. The second-order valence-corrected chi connectivity index (χ2v) is 8.62. The van der Waals surface area contributed by atoms with Crippen molar-refractivity contribution in [2.45, 2.75) is 45.2 Å². The van der Waals surface area contributed by atoms with Crippen LogP contribution in [0.5, 0.6) is 0 Å². The Morgan fingerprint density at radius 2 is 2.07 bits per heavy atom. The van der Waals surface area contributed by atoms with Gasteiger partial charge >= 0.3 is 0 Å². The predicted octanol–water partition coefficient (Wildman–Crippen LogP) is 5.33. The molecule has 0 saturated heterocycles. The van der Waals surface area contributed by atoms with Crippen molar-refractivity contribution in [3.63, 3.8) is 0 Å². The summed E-state index contributed by atoms with van der Waals surface area (Å²) in [6.45, 7) is 5.39. The third-order valence-electron chi connectivity index (χ3n) is 5.24. The molecule has 9 heteroatoms. The smallest absolute Gasteiger partial charge is 0.267 e. The van der Waals surface area contributed by atoms with E-state index in [1.165, 1.54) is 9.44 Å². The number of furan rings is 1. The molecule has 152 valence electrons. The van der Waals surface area contributed by atoms with Gasteiger partial charge in [-0.1, -0.05) is 0 Å². The van der Waals surface area contributed by atoms with Crippen molar-refractivity contribution in [1.29, 1.82) is 0 Å². The van der Waals surface area contributed by atoms with Crippen molar-refractivity contribution in [2.75, 3.05) is 5.32 Å². The fourth-order valence-corrected chi connectivity index (χ4v) is 3.78. The second-order valence-electron chi connectivity index (χ2n) is 7.58. The van der Waals surface area contributed by atoms with Gasteiger partial charge in [-0.3, -0.25) is 7.91 Å². The fraction of sp³-hybridized carbons (Fsp3) is 0.350. The summed E-state index contributed by atoms with van der Waals surface area (Å²) in [6.07, 6.45) is 3.40. The molecule has 1 amide bonds. The van der Waals surface area contributed by atoms with E-state index in [1.807, 2.05) is 22.9 Å². The Morgan fingerprint density at radius 1 is 1.34 bits per heavy atom. The van der Waals surface area contributed by atoms with E-state index in [2.05, 4.69) is 22.2 Å². The summed E-state index contributed by atoms with van der Waals surface area (Å²) in [5.74, 6) is -0.605. The number of benzene rings is 1. The summed E-state index contributed by atoms with van der Waals surface area (Å²) in [4.78, 5) is 21.8. The summed E-state index contributed by atoms with van der Waals surface area (Å²) in [5, 5.41) is 3.86. The fourth-order valence-electron chi connectivity index (χ4n) is 3.23. The molecule has 0 aliphatic heterocycles. The van der Waals surface area contributed by atoms with Crippen LogP contribution in [-0.2, 0) is 0 Å². The number of rotatable bonds is 5. The highest BCUT2D eigenvalue weighted by Crippen LogP contribution is 2.41. The first kappa shape index (κ1) is 20.0. The minimum atomic E-state index is -0.704. The minimum absolute atomic E-state index is 0.0607. The van der Waals surface area contributed by atoms with Crippen LogP contribution in [0.15, 0.2) is 28.9 Å². The van der Waals surface area contributed by atoms with E-state index in [1.54, 1.807) is 13.8 Å². The zero-order valence-corrected chi connectivity index (χ0v) is 18.3. The van der Waals surface area contributed by atoms with Gasteiger partial charge in [-0.15, -0.1) is 0 Å². The molecular weight excluding hydrogens is 493 g/mol. The largest absolute Gasteiger partial charge is 0.442 e. The maximum absolute atomic E-state index is 14.2. The van der Waals surface area contributed by atoms with Gasteiger partial charge in [-0.25, -0.2) is 18.7 Å². The number of aryl methyl sites for hydroxylation is 1. The Hall–Kier alpha value is -2.30. The monoisotopic (exact) mass is 512 g/mol. The Kier molecular flexibility index (Phi) is 4.96. The summed E-state index contributed by atoms with van der Waals surface area (Å²) in [7, 11) is 0. The molecular formula is C20H19F2IN4O2. The maximum Gasteiger partial charge on any atom is 0.267 e. The van der Waals surface area contributed by atoms with Gasteiger partial charge in [-0.2, -0.15) is 0 Å². The maximum atomic E-state index is 14.2. The standard InChI is InChI=1S/C20H19F2IN4O2/c1-10(13-8-12(21)4-5-14(13)22)27(23)19(28)15-11(2)29-18-16(15)17(24-9-25-18)26-20(3)6-7-20/h4-5,8-10H,6-7H2,1-3H3,(H,24,25,26). The van der Waals surface area contributed by atoms with Crippen LogP contribution >= 0.6 is 22.9 Å². The van der Waals surface area contributed by atoms with E-state index in [0.717, 1.165) is 31.0 Å². The normalized spacial score (nSPS) is 15.9. The van der Waals surface area contributed by atoms with Gasteiger partial charge in [0, 0.05) is 11.1 Å². The van der Waals surface area contributed by atoms with Crippen LogP contribution in [0.1, 0.15) is 54.4 Å². The van der Waals surface area contributed by atoms with Gasteiger partial charge in [0.05, 0.1) is 39.9 Å². The summed E-state index contributed by atoms with van der Waals surface area (Å²) in [6, 6.07) is 2.50. The number of amides is 1. The Morgan fingerprint density at radius 3 is 2.76 bits per heavy atom.